The Balaban J connectivity index is 2.47. The summed E-state index contributed by atoms with van der Waals surface area (Å²) in [6, 6.07) is -1.62. The summed E-state index contributed by atoms with van der Waals surface area (Å²) in [5, 5.41) is 20.4. The molecule has 0 radical (unpaired) electrons. The third-order valence-corrected chi connectivity index (χ3v) is 3.29. The van der Waals surface area contributed by atoms with Gasteiger partial charge in [-0.25, -0.2) is 9.59 Å². The zero-order valence-corrected chi connectivity index (χ0v) is 11.4. The molecule has 2 amide bonds. The first-order chi connectivity index (χ1) is 9.47. The van der Waals surface area contributed by atoms with Gasteiger partial charge in [0.05, 0.1) is 7.11 Å². The van der Waals surface area contributed by atoms with Crippen molar-refractivity contribution in [3.05, 3.63) is 0 Å². The minimum Gasteiger partial charge on any atom is -0.480 e. The number of urea groups is 1. The van der Waals surface area contributed by atoms with E-state index in [1.54, 1.807) is 0 Å². The molecule has 0 aromatic heterocycles. The Labute approximate surface area is 116 Å². The second-order valence-corrected chi connectivity index (χ2v) is 4.74. The maximum atomic E-state index is 11.9. The predicted octanol–water partition coefficient (Wildman–Crippen LogP) is -0.583. The Bertz CT molecular complexity index is 373. The Morgan fingerprint density at radius 2 is 2.15 bits per heavy atom. The standard InChI is InChI=1S/C12H20N2O6/c1-20-10(16)3-2-9(11(17)18)13-12(19)14-5-4-8(6-14)7-15/h8-9,15H,2-7H2,1H3,(H,13,19)(H,17,18)/t8?,9-/m1/s1. The van der Waals surface area contributed by atoms with Crippen LogP contribution in [0.1, 0.15) is 19.3 Å². The second kappa shape index (κ2) is 7.68. The van der Waals surface area contributed by atoms with E-state index in [2.05, 4.69) is 10.1 Å². The van der Waals surface area contributed by atoms with Gasteiger partial charge >= 0.3 is 18.0 Å². The third-order valence-electron chi connectivity index (χ3n) is 3.29. The zero-order chi connectivity index (χ0) is 15.1. The molecule has 1 unspecified atom stereocenters. The summed E-state index contributed by atoms with van der Waals surface area (Å²) >= 11 is 0. The van der Waals surface area contributed by atoms with Gasteiger partial charge in [-0.1, -0.05) is 0 Å². The van der Waals surface area contributed by atoms with Crippen LogP contribution in [0, 0.1) is 5.92 Å². The van der Waals surface area contributed by atoms with Gasteiger partial charge in [0.25, 0.3) is 0 Å². The van der Waals surface area contributed by atoms with Gasteiger partial charge in [-0.2, -0.15) is 0 Å². The Morgan fingerprint density at radius 1 is 1.45 bits per heavy atom. The van der Waals surface area contributed by atoms with Gasteiger partial charge in [0.2, 0.25) is 0 Å². The average molecular weight is 288 g/mol. The fraction of sp³-hybridized carbons (Fsp3) is 0.750. The number of methoxy groups -OCH3 is 1. The SMILES string of the molecule is COC(=O)CC[C@@H](NC(=O)N1CCC(CO)C1)C(=O)O. The number of carbonyl (C=O) groups is 3. The van der Waals surface area contributed by atoms with Crippen molar-refractivity contribution < 1.29 is 29.3 Å². The van der Waals surface area contributed by atoms with Crippen LogP contribution in [0.5, 0.6) is 0 Å². The molecule has 1 aliphatic rings. The molecule has 0 bridgehead atoms. The molecule has 8 nitrogen and oxygen atoms in total. The molecule has 8 heteroatoms. The summed E-state index contributed by atoms with van der Waals surface area (Å²) < 4.78 is 4.43. The van der Waals surface area contributed by atoms with Crippen LogP contribution in [0.25, 0.3) is 0 Å². The summed E-state index contributed by atoms with van der Waals surface area (Å²) in [4.78, 5) is 35.4. The van der Waals surface area contributed by atoms with Crippen molar-refractivity contribution in [1.82, 2.24) is 10.2 Å². The molecule has 0 aromatic rings. The fourth-order valence-corrected chi connectivity index (χ4v) is 2.03. The van der Waals surface area contributed by atoms with Crippen molar-refractivity contribution in [3.63, 3.8) is 0 Å². The van der Waals surface area contributed by atoms with Gasteiger partial charge in [-0.05, 0) is 12.8 Å². The number of aliphatic hydroxyl groups is 1. The number of aliphatic carboxylic acids is 1. The van der Waals surface area contributed by atoms with Gasteiger partial charge in [0, 0.05) is 32.0 Å². The van der Waals surface area contributed by atoms with E-state index in [-0.39, 0.29) is 25.4 Å². The first-order valence-electron chi connectivity index (χ1n) is 6.43. The van der Waals surface area contributed by atoms with Crippen molar-refractivity contribution in [2.24, 2.45) is 5.92 Å². The lowest BCUT2D eigenvalue weighted by atomic mass is 10.1. The average Bonchev–Trinajstić information content (AvgIpc) is 2.91. The maximum absolute atomic E-state index is 11.9. The first-order valence-corrected chi connectivity index (χ1v) is 6.43. The van der Waals surface area contributed by atoms with Gasteiger partial charge in [-0.3, -0.25) is 4.79 Å². The molecule has 0 spiro atoms. The number of ether oxygens (including phenoxy) is 1. The number of aliphatic hydroxyl groups excluding tert-OH is 1. The molecular weight excluding hydrogens is 268 g/mol. The topological polar surface area (TPSA) is 116 Å². The molecule has 1 fully saturated rings. The molecule has 2 atom stereocenters. The number of nitrogens with zero attached hydrogens (tertiary/aromatic N) is 1. The van der Waals surface area contributed by atoms with E-state index in [9.17, 15) is 14.4 Å². The number of hydrogen-bond acceptors (Lipinski definition) is 5. The number of likely N-dealkylation sites (tertiary alicyclic amines) is 1. The molecule has 1 rings (SSSR count). The maximum Gasteiger partial charge on any atom is 0.326 e. The van der Waals surface area contributed by atoms with Crippen LogP contribution in [-0.2, 0) is 14.3 Å². The van der Waals surface area contributed by atoms with E-state index in [1.165, 1.54) is 12.0 Å². The highest BCUT2D eigenvalue weighted by Gasteiger charge is 2.29. The van der Waals surface area contributed by atoms with Crippen LogP contribution >= 0.6 is 0 Å². The van der Waals surface area contributed by atoms with Crippen molar-refractivity contribution >= 4 is 18.0 Å². The largest absolute Gasteiger partial charge is 0.480 e. The van der Waals surface area contributed by atoms with Crippen LogP contribution in [0.2, 0.25) is 0 Å². The van der Waals surface area contributed by atoms with Crippen molar-refractivity contribution in [2.45, 2.75) is 25.3 Å². The van der Waals surface area contributed by atoms with E-state index in [1.807, 2.05) is 0 Å². The number of nitrogens with one attached hydrogen (secondary N) is 1. The summed E-state index contributed by atoms with van der Waals surface area (Å²) in [5.41, 5.74) is 0. The monoisotopic (exact) mass is 288 g/mol. The van der Waals surface area contributed by atoms with Crippen molar-refractivity contribution in [1.29, 1.82) is 0 Å². The first kappa shape index (κ1) is 16.2. The number of carboxylic acids is 1. The minimum absolute atomic E-state index is 0.00841. The third kappa shape index (κ3) is 4.69. The lowest BCUT2D eigenvalue weighted by Crippen LogP contribution is -2.47. The minimum atomic E-state index is -1.19. The lowest BCUT2D eigenvalue weighted by molar-refractivity contribution is -0.142. The summed E-state index contributed by atoms with van der Waals surface area (Å²) in [6.45, 7) is 0.903. The molecule has 1 heterocycles. The predicted molar refractivity (Wildman–Crippen MR) is 68.0 cm³/mol. The quantitative estimate of drug-likeness (QED) is 0.563. The lowest BCUT2D eigenvalue weighted by Gasteiger charge is -2.20. The molecule has 0 aromatic carbocycles. The molecule has 3 N–H and O–H groups in total. The number of carboxylic acid groups (broad SMARTS) is 1. The van der Waals surface area contributed by atoms with E-state index < -0.39 is 24.0 Å². The van der Waals surface area contributed by atoms with Crippen molar-refractivity contribution in [3.8, 4) is 0 Å². The summed E-state index contributed by atoms with van der Waals surface area (Å²) in [6.07, 6.45) is 0.599. The second-order valence-electron chi connectivity index (χ2n) is 4.74. The van der Waals surface area contributed by atoms with Gasteiger partial charge in [0.1, 0.15) is 6.04 Å². The number of rotatable bonds is 6. The van der Waals surface area contributed by atoms with Crippen LogP contribution < -0.4 is 5.32 Å². The Hall–Kier alpha value is -1.83. The highest BCUT2D eigenvalue weighted by molar-refractivity contribution is 5.83. The van der Waals surface area contributed by atoms with Crippen LogP contribution in [0.4, 0.5) is 4.79 Å². The highest BCUT2D eigenvalue weighted by Crippen LogP contribution is 2.15. The molecular formula is C12H20N2O6. The van der Waals surface area contributed by atoms with Gasteiger partial charge in [-0.15, -0.1) is 0 Å². The normalized spacial score (nSPS) is 19.5. The Kier molecular flexibility index (Phi) is 6.23. The molecule has 0 aliphatic carbocycles. The molecule has 20 heavy (non-hydrogen) atoms. The number of amides is 2. The van der Waals surface area contributed by atoms with E-state index in [0.29, 0.717) is 19.5 Å². The van der Waals surface area contributed by atoms with Crippen molar-refractivity contribution in [2.75, 3.05) is 26.8 Å². The molecule has 0 saturated carbocycles. The van der Waals surface area contributed by atoms with E-state index in [4.69, 9.17) is 10.2 Å². The van der Waals surface area contributed by atoms with Gasteiger partial charge in [0.15, 0.2) is 0 Å². The molecule has 1 saturated heterocycles. The molecule has 114 valence electrons. The number of esters is 1. The smallest absolute Gasteiger partial charge is 0.326 e. The zero-order valence-electron chi connectivity index (χ0n) is 11.4. The van der Waals surface area contributed by atoms with E-state index >= 15 is 0 Å². The number of hydrogen-bond donors (Lipinski definition) is 3. The fourth-order valence-electron chi connectivity index (χ4n) is 2.03. The Morgan fingerprint density at radius 3 is 2.65 bits per heavy atom. The van der Waals surface area contributed by atoms with Gasteiger partial charge < -0.3 is 25.2 Å². The van der Waals surface area contributed by atoms with E-state index in [0.717, 1.165) is 0 Å². The molecule has 1 aliphatic heterocycles. The van der Waals surface area contributed by atoms with Crippen LogP contribution in [-0.4, -0.2) is 65.9 Å². The summed E-state index contributed by atoms with van der Waals surface area (Å²) in [7, 11) is 1.22. The van der Waals surface area contributed by atoms with Crippen LogP contribution in [0.15, 0.2) is 0 Å². The van der Waals surface area contributed by atoms with Crippen LogP contribution in [0.3, 0.4) is 0 Å². The summed E-state index contributed by atoms with van der Waals surface area (Å²) in [5.74, 6) is -1.67. The highest BCUT2D eigenvalue weighted by atomic mass is 16.5. The number of carbonyl (C=O) groups excluding carboxylic acids is 2.